The van der Waals surface area contributed by atoms with E-state index in [1.54, 1.807) is 18.2 Å². The van der Waals surface area contributed by atoms with Crippen molar-refractivity contribution >= 4 is 56.5 Å². The van der Waals surface area contributed by atoms with E-state index in [4.69, 9.17) is 23.8 Å². The van der Waals surface area contributed by atoms with Crippen LogP contribution in [0, 0.1) is 0 Å². The van der Waals surface area contributed by atoms with Gasteiger partial charge in [0, 0.05) is 10.2 Å². The molecule has 0 unspecified atom stereocenters. The topological polar surface area (TPSA) is 41.1 Å². The van der Waals surface area contributed by atoms with E-state index in [9.17, 15) is 4.79 Å². The van der Waals surface area contributed by atoms with Crippen LogP contribution < -0.4 is 10.6 Å². The molecule has 2 aromatic rings. The Morgan fingerprint density at radius 3 is 2.43 bits per heavy atom. The van der Waals surface area contributed by atoms with Crippen molar-refractivity contribution in [2.75, 3.05) is 5.32 Å². The number of rotatable bonds is 3. The highest BCUT2D eigenvalue weighted by atomic mass is 79.9. The molecule has 0 bridgehead atoms. The number of thiocarbonyl (C=S) groups is 1. The minimum absolute atomic E-state index is 0.225. The molecule has 0 aromatic heterocycles. The number of benzene rings is 2. The first-order valence-corrected chi connectivity index (χ1v) is 8.62. The third-order valence-electron chi connectivity index (χ3n) is 3.24. The Morgan fingerprint density at radius 1 is 1.17 bits per heavy atom. The van der Waals surface area contributed by atoms with Crippen molar-refractivity contribution in [3.05, 3.63) is 63.1 Å². The van der Waals surface area contributed by atoms with Gasteiger partial charge in [0.15, 0.2) is 5.11 Å². The van der Waals surface area contributed by atoms with Crippen molar-refractivity contribution in [3.63, 3.8) is 0 Å². The van der Waals surface area contributed by atoms with Crippen LogP contribution in [0.4, 0.5) is 5.69 Å². The van der Waals surface area contributed by atoms with Gasteiger partial charge in [0.25, 0.3) is 5.91 Å². The SMILES string of the molecule is CC(C)c1ccc(NC(=S)NC(=O)c2cc(Br)ccc2Cl)cc1. The summed E-state index contributed by atoms with van der Waals surface area (Å²) >= 11 is 14.5. The minimum atomic E-state index is -0.354. The van der Waals surface area contributed by atoms with Gasteiger partial charge in [-0.05, 0) is 54.0 Å². The summed E-state index contributed by atoms with van der Waals surface area (Å²) in [5.41, 5.74) is 2.42. The zero-order valence-corrected chi connectivity index (χ0v) is 15.8. The van der Waals surface area contributed by atoms with Crippen molar-refractivity contribution < 1.29 is 4.79 Å². The molecule has 1 amide bonds. The molecule has 6 heteroatoms. The lowest BCUT2D eigenvalue weighted by molar-refractivity contribution is 0.0978. The van der Waals surface area contributed by atoms with Crippen LogP contribution in [-0.4, -0.2) is 11.0 Å². The van der Waals surface area contributed by atoms with E-state index in [2.05, 4.69) is 40.4 Å². The molecule has 120 valence electrons. The molecule has 0 atom stereocenters. The highest BCUT2D eigenvalue weighted by Crippen LogP contribution is 2.21. The first-order valence-electron chi connectivity index (χ1n) is 7.04. The number of hydrogen-bond donors (Lipinski definition) is 2. The van der Waals surface area contributed by atoms with Crippen molar-refractivity contribution in [1.82, 2.24) is 5.32 Å². The first kappa shape index (κ1) is 17.9. The van der Waals surface area contributed by atoms with Crippen LogP contribution in [-0.2, 0) is 0 Å². The normalized spacial score (nSPS) is 10.5. The highest BCUT2D eigenvalue weighted by Gasteiger charge is 2.12. The summed E-state index contributed by atoms with van der Waals surface area (Å²) in [5.74, 6) is 0.113. The third-order valence-corrected chi connectivity index (χ3v) is 4.26. The van der Waals surface area contributed by atoms with Crippen LogP contribution in [0.25, 0.3) is 0 Å². The van der Waals surface area contributed by atoms with Crippen LogP contribution >= 0.6 is 39.7 Å². The van der Waals surface area contributed by atoms with Gasteiger partial charge in [-0.1, -0.05) is 53.5 Å². The van der Waals surface area contributed by atoms with E-state index in [1.807, 2.05) is 24.3 Å². The van der Waals surface area contributed by atoms with E-state index in [-0.39, 0.29) is 11.0 Å². The molecule has 0 aliphatic heterocycles. The molecular weight excluding hydrogens is 396 g/mol. The number of carbonyl (C=O) groups is 1. The second-order valence-corrected chi connectivity index (χ2v) is 7.04. The summed E-state index contributed by atoms with van der Waals surface area (Å²) in [4.78, 5) is 12.2. The fraction of sp³-hybridized carbons (Fsp3) is 0.176. The zero-order chi connectivity index (χ0) is 17.0. The Kier molecular flexibility index (Phi) is 6.16. The molecule has 0 saturated heterocycles. The third kappa shape index (κ3) is 5.03. The molecule has 2 rings (SSSR count). The number of amides is 1. The van der Waals surface area contributed by atoms with Crippen LogP contribution in [0.1, 0.15) is 35.7 Å². The number of anilines is 1. The monoisotopic (exact) mass is 410 g/mol. The predicted octanol–water partition coefficient (Wildman–Crippen LogP) is 5.35. The maximum Gasteiger partial charge on any atom is 0.258 e. The van der Waals surface area contributed by atoms with Crippen LogP contribution in [0.3, 0.4) is 0 Å². The van der Waals surface area contributed by atoms with Crippen molar-refractivity contribution in [2.45, 2.75) is 19.8 Å². The van der Waals surface area contributed by atoms with E-state index in [1.165, 1.54) is 5.56 Å². The zero-order valence-electron chi connectivity index (χ0n) is 12.7. The summed E-state index contributed by atoms with van der Waals surface area (Å²) in [5, 5.41) is 6.21. The van der Waals surface area contributed by atoms with Gasteiger partial charge < -0.3 is 5.32 Å². The van der Waals surface area contributed by atoms with Gasteiger partial charge in [0.2, 0.25) is 0 Å². The maximum atomic E-state index is 12.2. The Bertz CT molecular complexity index is 732. The number of carbonyl (C=O) groups excluding carboxylic acids is 1. The number of nitrogens with one attached hydrogen (secondary N) is 2. The van der Waals surface area contributed by atoms with Crippen molar-refractivity contribution in [2.24, 2.45) is 0 Å². The summed E-state index contributed by atoms with van der Waals surface area (Å²) < 4.78 is 0.773. The lowest BCUT2D eigenvalue weighted by Gasteiger charge is -2.12. The van der Waals surface area contributed by atoms with E-state index >= 15 is 0 Å². The van der Waals surface area contributed by atoms with Crippen LogP contribution in [0.5, 0.6) is 0 Å². The number of hydrogen-bond acceptors (Lipinski definition) is 2. The van der Waals surface area contributed by atoms with Gasteiger partial charge in [-0.3, -0.25) is 10.1 Å². The van der Waals surface area contributed by atoms with E-state index in [0.717, 1.165) is 10.2 Å². The molecule has 0 spiro atoms. The predicted molar refractivity (Wildman–Crippen MR) is 103 cm³/mol. The molecule has 0 radical (unpaired) electrons. The molecule has 0 saturated carbocycles. The quantitative estimate of drug-likeness (QED) is 0.669. The molecule has 3 nitrogen and oxygen atoms in total. The average molecular weight is 412 g/mol. The Hall–Kier alpha value is -1.43. The lowest BCUT2D eigenvalue weighted by Crippen LogP contribution is -2.34. The van der Waals surface area contributed by atoms with Gasteiger partial charge >= 0.3 is 0 Å². The molecule has 0 heterocycles. The Balaban J connectivity index is 2.01. The lowest BCUT2D eigenvalue weighted by atomic mass is 10.0. The average Bonchev–Trinajstić information content (AvgIpc) is 2.50. The minimum Gasteiger partial charge on any atom is -0.332 e. The standard InChI is InChI=1S/C17H16BrClN2OS/c1-10(2)11-3-6-13(7-4-11)20-17(23)21-16(22)14-9-12(18)5-8-15(14)19/h3-10H,1-2H3,(H2,20,21,22,23). The van der Waals surface area contributed by atoms with Gasteiger partial charge in [-0.25, -0.2) is 0 Å². The summed E-state index contributed by atoms with van der Waals surface area (Å²) in [6, 6.07) is 13.0. The van der Waals surface area contributed by atoms with Crippen LogP contribution in [0.15, 0.2) is 46.9 Å². The number of halogens is 2. The first-order chi connectivity index (χ1) is 10.9. The second kappa shape index (κ2) is 7.90. The van der Waals surface area contributed by atoms with Gasteiger partial charge in [0.05, 0.1) is 10.6 Å². The molecule has 0 aliphatic carbocycles. The second-order valence-electron chi connectivity index (χ2n) is 5.31. The van der Waals surface area contributed by atoms with E-state index in [0.29, 0.717) is 16.5 Å². The van der Waals surface area contributed by atoms with Crippen LogP contribution in [0.2, 0.25) is 5.02 Å². The van der Waals surface area contributed by atoms with E-state index < -0.39 is 0 Å². The van der Waals surface area contributed by atoms with Gasteiger partial charge in [-0.15, -0.1) is 0 Å². The summed E-state index contributed by atoms with van der Waals surface area (Å²) in [7, 11) is 0. The molecular formula is C17H16BrClN2OS. The fourth-order valence-electron chi connectivity index (χ4n) is 1.96. The maximum absolute atomic E-state index is 12.2. The molecule has 23 heavy (non-hydrogen) atoms. The van der Waals surface area contributed by atoms with Crippen molar-refractivity contribution in [1.29, 1.82) is 0 Å². The fourth-order valence-corrected chi connectivity index (χ4v) is 2.73. The summed E-state index contributed by atoms with van der Waals surface area (Å²) in [6.45, 7) is 4.27. The van der Waals surface area contributed by atoms with Gasteiger partial charge in [-0.2, -0.15) is 0 Å². The largest absolute Gasteiger partial charge is 0.332 e. The smallest absolute Gasteiger partial charge is 0.258 e. The summed E-state index contributed by atoms with van der Waals surface area (Å²) in [6.07, 6.45) is 0. The highest BCUT2D eigenvalue weighted by molar-refractivity contribution is 9.10. The van der Waals surface area contributed by atoms with Crippen molar-refractivity contribution in [3.8, 4) is 0 Å². The molecule has 0 fully saturated rings. The van der Waals surface area contributed by atoms with Gasteiger partial charge in [0.1, 0.15) is 0 Å². The molecule has 0 aliphatic rings. The Morgan fingerprint density at radius 2 is 1.83 bits per heavy atom. The Labute approximate surface area is 154 Å². The molecule has 2 N–H and O–H groups in total. The molecule has 2 aromatic carbocycles.